The maximum atomic E-state index is 11.9. The lowest BCUT2D eigenvalue weighted by Crippen LogP contribution is -2.11. The van der Waals surface area contributed by atoms with Crippen LogP contribution in [0.2, 0.25) is 0 Å². The molecular formula is C12H6BrN3O3S. The molecule has 0 unspecified atom stereocenters. The zero-order chi connectivity index (χ0) is 14.7. The average Bonchev–Trinajstić information content (AvgIpc) is 2.85. The lowest BCUT2D eigenvalue weighted by Gasteiger charge is -2.04. The molecule has 1 aromatic heterocycles. The fraction of sp³-hybridized carbons (Fsp3) is 0. The minimum atomic E-state index is -0.638. The molecule has 0 aliphatic rings. The standard InChI is InChI=1S/C12H6BrN3O3S/c13-11-4-3-10(20-11)12(17)15-8-2-1-7(6-14)5-9(8)16(18)19/h1-5H,(H,15,17). The number of carbonyl (C=O) groups is 1. The van der Waals surface area contributed by atoms with Crippen LogP contribution in [0.4, 0.5) is 11.4 Å². The van der Waals surface area contributed by atoms with Crippen molar-refractivity contribution in [3.63, 3.8) is 0 Å². The predicted octanol–water partition coefficient (Wildman–Crippen LogP) is 3.54. The van der Waals surface area contributed by atoms with Crippen molar-refractivity contribution < 1.29 is 9.72 Å². The van der Waals surface area contributed by atoms with Crippen LogP contribution in [0.15, 0.2) is 34.1 Å². The Kier molecular flexibility index (Phi) is 4.12. The quantitative estimate of drug-likeness (QED) is 0.675. The third-order valence-corrected chi connectivity index (χ3v) is 3.99. The number of nitrogens with zero attached hydrogens (tertiary/aromatic N) is 2. The number of anilines is 1. The first kappa shape index (κ1) is 14.2. The van der Waals surface area contributed by atoms with Gasteiger partial charge in [-0.05, 0) is 40.2 Å². The number of halogens is 1. The summed E-state index contributed by atoms with van der Waals surface area (Å²) < 4.78 is 0.789. The molecule has 0 fully saturated rings. The third-order valence-electron chi connectivity index (χ3n) is 2.37. The summed E-state index contributed by atoms with van der Waals surface area (Å²) in [6.45, 7) is 0. The molecule has 100 valence electrons. The highest BCUT2D eigenvalue weighted by molar-refractivity contribution is 9.11. The van der Waals surface area contributed by atoms with Crippen molar-refractivity contribution in [2.45, 2.75) is 0 Å². The first-order valence-corrected chi connectivity index (χ1v) is 6.87. The fourth-order valence-corrected chi connectivity index (χ4v) is 2.76. The van der Waals surface area contributed by atoms with Gasteiger partial charge >= 0.3 is 0 Å². The topological polar surface area (TPSA) is 96.0 Å². The van der Waals surface area contributed by atoms with Crippen LogP contribution < -0.4 is 5.32 Å². The van der Waals surface area contributed by atoms with Crippen molar-refractivity contribution in [1.29, 1.82) is 5.26 Å². The number of thiophene rings is 1. The summed E-state index contributed by atoms with van der Waals surface area (Å²) in [4.78, 5) is 22.7. The Labute approximate surface area is 125 Å². The summed E-state index contributed by atoms with van der Waals surface area (Å²) in [7, 11) is 0. The van der Waals surface area contributed by atoms with Gasteiger partial charge in [0.05, 0.1) is 25.2 Å². The van der Waals surface area contributed by atoms with E-state index in [4.69, 9.17) is 5.26 Å². The number of carbonyl (C=O) groups excluding carboxylic acids is 1. The summed E-state index contributed by atoms with van der Waals surface area (Å²) >= 11 is 4.46. The number of hydrogen-bond donors (Lipinski definition) is 1. The van der Waals surface area contributed by atoms with Crippen molar-refractivity contribution in [2.24, 2.45) is 0 Å². The number of benzene rings is 1. The molecule has 2 rings (SSSR count). The number of nitro groups is 1. The van der Waals surface area contributed by atoms with Crippen LogP contribution >= 0.6 is 27.3 Å². The monoisotopic (exact) mass is 351 g/mol. The van der Waals surface area contributed by atoms with Gasteiger partial charge in [-0.25, -0.2) is 0 Å². The summed E-state index contributed by atoms with van der Waals surface area (Å²) in [5.41, 5.74) is -0.0925. The molecule has 1 amide bonds. The Hall–Kier alpha value is -2.24. The van der Waals surface area contributed by atoms with Crippen LogP contribution in [-0.4, -0.2) is 10.8 Å². The van der Waals surface area contributed by atoms with E-state index in [2.05, 4.69) is 21.2 Å². The van der Waals surface area contributed by atoms with Crippen molar-refractivity contribution >= 4 is 44.5 Å². The fourth-order valence-electron chi connectivity index (χ4n) is 1.48. The summed E-state index contributed by atoms with van der Waals surface area (Å²) in [5.74, 6) is -0.437. The molecule has 0 radical (unpaired) electrons. The predicted molar refractivity (Wildman–Crippen MR) is 77.8 cm³/mol. The van der Waals surface area contributed by atoms with Crippen molar-refractivity contribution in [1.82, 2.24) is 0 Å². The van der Waals surface area contributed by atoms with E-state index in [0.717, 1.165) is 9.85 Å². The van der Waals surface area contributed by atoms with Gasteiger partial charge in [0.15, 0.2) is 0 Å². The smallest absolute Gasteiger partial charge is 0.294 e. The highest BCUT2D eigenvalue weighted by Crippen LogP contribution is 2.27. The van der Waals surface area contributed by atoms with E-state index in [1.54, 1.807) is 12.1 Å². The van der Waals surface area contributed by atoms with Crippen molar-refractivity contribution in [3.8, 4) is 6.07 Å². The maximum absolute atomic E-state index is 11.9. The van der Waals surface area contributed by atoms with E-state index >= 15 is 0 Å². The van der Waals surface area contributed by atoms with Crippen LogP contribution in [0, 0.1) is 21.4 Å². The maximum Gasteiger partial charge on any atom is 0.294 e. The Morgan fingerprint density at radius 1 is 1.40 bits per heavy atom. The minimum absolute atomic E-state index is 0.0588. The first-order valence-electron chi connectivity index (χ1n) is 5.26. The van der Waals surface area contributed by atoms with Gasteiger partial charge in [0.2, 0.25) is 0 Å². The normalized spacial score (nSPS) is 9.80. The number of amides is 1. The molecule has 20 heavy (non-hydrogen) atoms. The van der Waals surface area contributed by atoms with Crippen LogP contribution in [0.3, 0.4) is 0 Å². The van der Waals surface area contributed by atoms with Gasteiger partial charge in [-0.1, -0.05) is 0 Å². The molecule has 6 nitrogen and oxygen atoms in total. The highest BCUT2D eigenvalue weighted by Gasteiger charge is 2.18. The zero-order valence-electron chi connectivity index (χ0n) is 9.79. The van der Waals surface area contributed by atoms with E-state index < -0.39 is 10.8 Å². The zero-order valence-corrected chi connectivity index (χ0v) is 12.2. The van der Waals surface area contributed by atoms with Crippen LogP contribution in [-0.2, 0) is 0 Å². The van der Waals surface area contributed by atoms with Gasteiger partial charge in [-0.15, -0.1) is 11.3 Å². The molecule has 0 atom stereocenters. The molecule has 0 aliphatic carbocycles. The molecule has 1 aromatic carbocycles. The molecule has 1 heterocycles. The average molecular weight is 352 g/mol. The van der Waals surface area contributed by atoms with Gasteiger partial charge in [0, 0.05) is 6.07 Å². The first-order chi connectivity index (χ1) is 9.51. The Balaban J connectivity index is 2.32. The van der Waals surface area contributed by atoms with E-state index in [9.17, 15) is 14.9 Å². The molecule has 0 bridgehead atoms. The van der Waals surface area contributed by atoms with E-state index in [1.165, 1.54) is 23.5 Å². The van der Waals surface area contributed by atoms with Gasteiger partial charge in [-0.2, -0.15) is 5.26 Å². The molecule has 0 aliphatic heterocycles. The van der Waals surface area contributed by atoms with Crippen LogP contribution in [0.5, 0.6) is 0 Å². The number of nitrogens with one attached hydrogen (secondary N) is 1. The molecular weight excluding hydrogens is 346 g/mol. The van der Waals surface area contributed by atoms with Gasteiger partial charge in [0.1, 0.15) is 5.69 Å². The molecule has 0 saturated heterocycles. The Morgan fingerprint density at radius 3 is 2.70 bits per heavy atom. The second-order valence-corrected chi connectivity index (χ2v) is 6.12. The Bertz CT molecular complexity index is 736. The van der Waals surface area contributed by atoms with Gasteiger partial charge < -0.3 is 5.32 Å². The lowest BCUT2D eigenvalue weighted by atomic mass is 10.2. The molecule has 8 heteroatoms. The van der Waals surface area contributed by atoms with E-state index in [1.807, 2.05) is 6.07 Å². The Morgan fingerprint density at radius 2 is 2.15 bits per heavy atom. The van der Waals surface area contributed by atoms with E-state index in [0.29, 0.717) is 4.88 Å². The molecule has 0 saturated carbocycles. The van der Waals surface area contributed by atoms with Gasteiger partial charge in [-0.3, -0.25) is 14.9 Å². The summed E-state index contributed by atoms with van der Waals surface area (Å²) in [6, 6.07) is 9.02. The molecule has 1 N–H and O–H groups in total. The third kappa shape index (κ3) is 3.01. The van der Waals surface area contributed by atoms with Crippen LogP contribution in [0.25, 0.3) is 0 Å². The van der Waals surface area contributed by atoms with E-state index in [-0.39, 0.29) is 16.9 Å². The number of nitro benzene ring substituents is 1. The highest BCUT2D eigenvalue weighted by atomic mass is 79.9. The lowest BCUT2D eigenvalue weighted by molar-refractivity contribution is -0.383. The number of nitriles is 1. The van der Waals surface area contributed by atoms with Crippen molar-refractivity contribution in [3.05, 3.63) is 54.7 Å². The molecule has 0 spiro atoms. The number of hydrogen-bond acceptors (Lipinski definition) is 5. The van der Waals surface area contributed by atoms with Crippen LogP contribution in [0.1, 0.15) is 15.2 Å². The molecule has 2 aromatic rings. The second-order valence-electron chi connectivity index (χ2n) is 3.66. The minimum Gasteiger partial charge on any atom is -0.316 e. The second kappa shape index (κ2) is 5.81. The summed E-state index contributed by atoms with van der Waals surface area (Å²) in [6.07, 6.45) is 0. The van der Waals surface area contributed by atoms with Gasteiger partial charge in [0.25, 0.3) is 11.6 Å². The van der Waals surface area contributed by atoms with Crippen molar-refractivity contribution in [2.75, 3.05) is 5.32 Å². The summed E-state index contributed by atoms with van der Waals surface area (Å²) in [5, 5.41) is 22.2. The number of rotatable bonds is 3. The SMILES string of the molecule is N#Cc1ccc(NC(=O)c2ccc(Br)s2)c([N+](=O)[O-])c1. The largest absolute Gasteiger partial charge is 0.316 e.